The normalized spacial score (nSPS) is 13.5. The van der Waals surface area contributed by atoms with Gasteiger partial charge in [0.1, 0.15) is 10.7 Å². The van der Waals surface area contributed by atoms with Crippen molar-refractivity contribution in [2.45, 2.75) is 37.9 Å². The number of carbonyl (C=O) groups excluding carboxylic acids is 1. The Kier molecular flexibility index (Phi) is 5.54. The number of hydrogen-bond acceptors (Lipinski definition) is 6. The number of thiophene rings is 1. The Bertz CT molecular complexity index is 1010. The van der Waals surface area contributed by atoms with Gasteiger partial charge < -0.3 is 10.3 Å². The maximum absolute atomic E-state index is 12.5. The first-order chi connectivity index (χ1) is 13.2. The summed E-state index contributed by atoms with van der Waals surface area (Å²) in [5, 5.41) is 3.61. The summed E-state index contributed by atoms with van der Waals surface area (Å²) in [4.78, 5) is 38.2. The maximum Gasteiger partial charge on any atom is 0.259 e. The number of rotatable bonds is 6. The number of nitrogens with zero attached hydrogens (tertiary/aromatic N) is 2. The van der Waals surface area contributed by atoms with Gasteiger partial charge in [0.15, 0.2) is 0 Å². The SMILES string of the molecule is O=C(CCSCc1nc2sc3c(c2c(=O)[nH]1)CCCC3)Nc1cccnc1. The van der Waals surface area contributed by atoms with Crippen molar-refractivity contribution >= 4 is 44.9 Å². The topological polar surface area (TPSA) is 87.7 Å². The number of pyridine rings is 1. The summed E-state index contributed by atoms with van der Waals surface area (Å²) in [5.41, 5.74) is 1.89. The molecule has 0 spiro atoms. The Morgan fingerprint density at radius 2 is 2.22 bits per heavy atom. The number of anilines is 1. The molecule has 0 fully saturated rings. The monoisotopic (exact) mass is 400 g/mol. The van der Waals surface area contributed by atoms with Crippen LogP contribution in [0, 0.1) is 0 Å². The molecule has 27 heavy (non-hydrogen) atoms. The van der Waals surface area contributed by atoms with Gasteiger partial charge in [0.2, 0.25) is 5.91 Å². The van der Waals surface area contributed by atoms with E-state index < -0.39 is 0 Å². The molecule has 0 bridgehead atoms. The number of carbonyl (C=O) groups is 1. The highest BCUT2D eigenvalue weighted by Gasteiger charge is 2.19. The second-order valence-electron chi connectivity index (χ2n) is 6.50. The number of thioether (sulfide) groups is 1. The predicted molar refractivity (Wildman–Crippen MR) is 111 cm³/mol. The van der Waals surface area contributed by atoms with Gasteiger partial charge in [-0.3, -0.25) is 14.6 Å². The molecular formula is C19H20N4O2S2. The minimum atomic E-state index is -0.0432. The van der Waals surface area contributed by atoms with Crippen molar-refractivity contribution < 1.29 is 4.79 Å². The molecular weight excluding hydrogens is 380 g/mol. The van der Waals surface area contributed by atoms with Gasteiger partial charge in [-0.25, -0.2) is 4.98 Å². The van der Waals surface area contributed by atoms with Crippen molar-refractivity contribution in [1.82, 2.24) is 15.0 Å². The fraction of sp³-hybridized carbons (Fsp3) is 0.368. The molecule has 0 unspecified atom stereocenters. The van der Waals surface area contributed by atoms with Crippen LogP contribution in [0.15, 0.2) is 29.3 Å². The van der Waals surface area contributed by atoms with Gasteiger partial charge in [-0.05, 0) is 43.4 Å². The summed E-state index contributed by atoms with van der Waals surface area (Å²) in [7, 11) is 0. The van der Waals surface area contributed by atoms with Crippen LogP contribution in [0.3, 0.4) is 0 Å². The van der Waals surface area contributed by atoms with E-state index in [0.717, 1.165) is 29.5 Å². The lowest BCUT2D eigenvalue weighted by Gasteiger charge is -2.09. The Labute approximate surface area is 164 Å². The quantitative estimate of drug-likeness (QED) is 0.618. The predicted octanol–water partition coefficient (Wildman–Crippen LogP) is 3.52. The molecule has 0 aliphatic heterocycles. The van der Waals surface area contributed by atoms with Crippen LogP contribution in [0.1, 0.15) is 35.5 Å². The molecule has 0 atom stereocenters. The van der Waals surface area contributed by atoms with Crippen LogP contribution in [0.4, 0.5) is 5.69 Å². The first-order valence-corrected chi connectivity index (χ1v) is 11.0. The second kappa shape index (κ2) is 8.22. The summed E-state index contributed by atoms with van der Waals surface area (Å²) in [6, 6.07) is 3.59. The Hall–Kier alpha value is -2.19. The average Bonchev–Trinajstić information content (AvgIpc) is 3.05. The van der Waals surface area contributed by atoms with Crippen LogP contribution in [-0.4, -0.2) is 26.6 Å². The minimum Gasteiger partial charge on any atom is -0.325 e. The molecule has 6 nitrogen and oxygen atoms in total. The first-order valence-electron chi connectivity index (χ1n) is 9.02. The number of hydrogen-bond donors (Lipinski definition) is 2. The third kappa shape index (κ3) is 4.22. The highest BCUT2D eigenvalue weighted by Crippen LogP contribution is 2.33. The number of H-pyrrole nitrogens is 1. The van der Waals surface area contributed by atoms with Gasteiger partial charge in [0, 0.05) is 23.2 Å². The van der Waals surface area contributed by atoms with Gasteiger partial charge >= 0.3 is 0 Å². The number of nitrogens with one attached hydrogen (secondary N) is 2. The van der Waals surface area contributed by atoms with E-state index in [1.165, 1.54) is 16.9 Å². The van der Waals surface area contributed by atoms with Gasteiger partial charge in [0.25, 0.3) is 5.56 Å². The molecule has 3 heterocycles. The zero-order chi connectivity index (χ0) is 18.6. The van der Waals surface area contributed by atoms with Gasteiger partial charge in [-0.1, -0.05) is 0 Å². The number of aromatic nitrogens is 3. The molecule has 0 saturated heterocycles. The van der Waals surface area contributed by atoms with E-state index in [2.05, 4.69) is 20.3 Å². The largest absolute Gasteiger partial charge is 0.325 e. The van der Waals surface area contributed by atoms with Crippen LogP contribution in [0.5, 0.6) is 0 Å². The molecule has 2 N–H and O–H groups in total. The van der Waals surface area contributed by atoms with Gasteiger partial charge in [-0.15, -0.1) is 11.3 Å². The second-order valence-corrected chi connectivity index (χ2v) is 8.68. The van der Waals surface area contributed by atoms with Gasteiger partial charge in [-0.2, -0.15) is 11.8 Å². The lowest BCUT2D eigenvalue weighted by molar-refractivity contribution is -0.115. The molecule has 140 valence electrons. The smallest absolute Gasteiger partial charge is 0.259 e. The lowest BCUT2D eigenvalue weighted by atomic mass is 9.97. The molecule has 8 heteroatoms. The van der Waals surface area contributed by atoms with E-state index in [1.807, 2.05) is 6.07 Å². The van der Waals surface area contributed by atoms with Crippen LogP contribution in [0.25, 0.3) is 10.2 Å². The fourth-order valence-electron chi connectivity index (χ4n) is 3.27. The summed E-state index contributed by atoms with van der Waals surface area (Å²) >= 11 is 3.26. The minimum absolute atomic E-state index is 0.0238. The van der Waals surface area contributed by atoms with Crippen molar-refractivity contribution in [1.29, 1.82) is 0 Å². The maximum atomic E-state index is 12.5. The standard InChI is InChI=1S/C19H20N4O2S2/c24-16(21-12-4-3-8-20-10-12)7-9-26-11-15-22-18(25)17-13-5-1-2-6-14(13)27-19(17)23-15/h3-4,8,10H,1-2,5-7,9,11H2,(H,21,24)(H,22,23,25). The van der Waals surface area contributed by atoms with Crippen molar-refractivity contribution in [3.8, 4) is 0 Å². The van der Waals surface area contributed by atoms with E-state index in [1.54, 1.807) is 41.6 Å². The Morgan fingerprint density at radius 1 is 1.33 bits per heavy atom. The van der Waals surface area contributed by atoms with Crippen LogP contribution in [0.2, 0.25) is 0 Å². The summed E-state index contributed by atoms with van der Waals surface area (Å²) in [6.45, 7) is 0. The molecule has 3 aromatic heterocycles. The van der Waals surface area contributed by atoms with Crippen LogP contribution < -0.4 is 10.9 Å². The Balaban J connectivity index is 1.34. The molecule has 0 saturated carbocycles. The third-order valence-corrected chi connectivity index (χ3v) is 6.69. The van der Waals surface area contributed by atoms with E-state index in [0.29, 0.717) is 29.4 Å². The lowest BCUT2D eigenvalue weighted by Crippen LogP contribution is -2.13. The highest BCUT2D eigenvalue weighted by molar-refractivity contribution is 7.98. The van der Waals surface area contributed by atoms with Crippen molar-refractivity contribution in [2.75, 3.05) is 11.1 Å². The number of aryl methyl sites for hydroxylation is 2. The Morgan fingerprint density at radius 3 is 3.07 bits per heavy atom. The highest BCUT2D eigenvalue weighted by atomic mass is 32.2. The van der Waals surface area contributed by atoms with E-state index in [4.69, 9.17) is 0 Å². The van der Waals surface area contributed by atoms with E-state index >= 15 is 0 Å². The zero-order valence-electron chi connectivity index (χ0n) is 14.8. The van der Waals surface area contributed by atoms with Crippen molar-refractivity contribution in [3.05, 3.63) is 51.1 Å². The van der Waals surface area contributed by atoms with E-state index in [9.17, 15) is 9.59 Å². The molecule has 1 aliphatic carbocycles. The van der Waals surface area contributed by atoms with Crippen LogP contribution in [-0.2, 0) is 23.4 Å². The molecule has 0 aromatic carbocycles. The van der Waals surface area contributed by atoms with Crippen molar-refractivity contribution in [2.24, 2.45) is 0 Å². The number of aromatic amines is 1. The summed E-state index contributed by atoms with van der Waals surface area (Å²) < 4.78 is 0. The van der Waals surface area contributed by atoms with Crippen molar-refractivity contribution in [3.63, 3.8) is 0 Å². The van der Waals surface area contributed by atoms with E-state index in [-0.39, 0.29) is 11.5 Å². The molecule has 1 aliphatic rings. The van der Waals surface area contributed by atoms with Crippen LogP contribution >= 0.6 is 23.1 Å². The first kappa shape index (κ1) is 18.2. The molecule has 0 radical (unpaired) electrons. The summed E-state index contributed by atoms with van der Waals surface area (Å²) in [6.07, 6.45) is 8.08. The average molecular weight is 401 g/mol. The summed E-state index contributed by atoms with van der Waals surface area (Å²) in [5.74, 6) is 1.89. The third-order valence-electron chi connectivity index (χ3n) is 4.53. The number of fused-ring (bicyclic) bond motifs is 3. The zero-order valence-corrected chi connectivity index (χ0v) is 16.4. The molecule has 3 aromatic rings. The van der Waals surface area contributed by atoms with Gasteiger partial charge in [0.05, 0.1) is 23.0 Å². The number of amides is 1. The molecule has 4 rings (SSSR count). The fourth-order valence-corrected chi connectivity index (χ4v) is 5.36. The molecule has 1 amide bonds.